The number of urea groups is 1. The Morgan fingerprint density at radius 3 is 2.58 bits per heavy atom. The summed E-state index contributed by atoms with van der Waals surface area (Å²) in [7, 11) is 1.63. The Bertz CT molecular complexity index is 1010. The van der Waals surface area contributed by atoms with Crippen LogP contribution in [0.5, 0.6) is 5.75 Å². The summed E-state index contributed by atoms with van der Waals surface area (Å²) in [5, 5.41) is 3.57. The highest BCUT2D eigenvalue weighted by Gasteiger charge is 2.48. The zero-order valence-electron chi connectivity index (χ0n) is 19.0. The molecule has 0 unspecified atom stereocenters. The first-order valence-corrected chi connectivity index (χ1v) is 11.3. The molecular formula is C25H30N4O4. The minimum Gasteiger partial charge on any atom is -0.497 e. The van der Waals surface area contributed by atoms with Crippen LogP contribution in [0.15, 0.2) is 54.6 Å². The van der Waals surface area contributed by atoms with E-state index in [2.05, 4.69) is 15.6 Å². The molecule has 0 bridgehead atoms. The molecule has 0 radical (unpaired) electrons. The number of methoxy groups -OCH3 is 1. The van der Waals surface area contributed by atoms with E-state index in [1.165, 1.54) is 0 Å². The van der Waals surface area contributed by atoms with E-state index in [4.69, 9.17) is 4.74 Å². The fraction of sp³-hybridized carbons (Fsp3) is 0.400. The largest absolute Gasteiger partial charge is 0.497 e. The number of benzene rings is 2. The number of aryl methyl sites for hydroxylation is 1. The monoisotopic (exact) mass is 450 g/mol. The topological polar surface area (TPSA) is 91.0 Å². The Morgan fingerprint density at radius 2 is 1.88 bits per heavy atom. The Morgan fingerprint density at radius 1 is 1.15 bits per heavy atom. The van der Waals surface area contributed by atoms with E-state index < -0.39 is 17.5 Å². The fourth-order valence-corrected chi connectivity index (χ4v) is 4.56. The molecule has 2 aliphatic heterocycles. The lowest BCUT2D eigenvalue weighted by Gasteiger charge is -2.25. The first-order chi connectivity index (χ1) is 15.9. The maximum atomic E-state index is 13.0. The lowest BCUT2D eigenvalue weighted by atomic mass is 9.93. The molecule has 8 nitrogen and oxygen atoms in total. The summed E-state index contributed by atoms with van der Waals surface area (Å²) in [6, 6.07) is 17.1. The predicted octanol–water partition coefficient (Wildman–Crippen LogP) is 2.81. The average molecular weight is 451 g/mol. The third-order valence-corrected chi connectivity index (χ3v) is 6.46. The van der Waals surface area contributed by atoms with Crippen LogP contribution in [-0.2, 0) is 16.0 Å². The van der Waals surface area contributed by atoms with E-state index in [1.54, 1.807) is 14.0 Å². The smallest absolute Gasteiger partial charge is 0.344 e. The lowest BCUT2D eigenvalue weighted by Crippen LogP contribution is -2.51. The number of hydrazine groups is 1. The second-order valence-electron chi connectivity index (χ2n) is 8.83. The van der Waals surface area contributed by atoms with Gasteiger partial charge in [-0.1, -0.05) is 42.5 Å². The van der Waals surface area contributed by atoms with Gasteiger partial charge in [0.15, 0.2) is 0 Å². The van der Waals surface area contributed by atoms with Gasteiger partial charge in [0.05, 0.1) is 13.7 Å². The van der Waals surface area contributed by atoms with Crippen LogP contribution in [0, 0.1) is 0 Å². The Balaban J connectivity index is 1.35. The van der Waals surface area contributed by atoms with Gasteiger partial charge in [-0.15, -0.1) is 0 Å². The molecule has 0 spiro atoms. The van der Waals surface area contributed by atoms with Gasteiger partial charge in [-0.25, -0.2) is 4.79 Å². The molecule has 0 saturated carbocycles. The first-order valence-electron chi connectivity index (χ1n) is 11.3. The number of carbonyl (C=O) groups is 3. The van der Waals surface area contributed by atoms with Gasteiger partial charge < -0.3 is 10.1 Å². The van der Waals surface area contributed by atoms with Gasteiger partial charge in [0.1, 0.15) is 11.3 Å². The number of likely N-dealkylation sites (tertiary alicyclic amines) is 1. The highest BCUT2D eigenvalue weighted by Crippen LogP contribution is 2.32. The molecule has 4 amide bonds. The number of nitrogens with zero attached hydrogens (tertiary/aromatic N) is 2. The van der Waals surface area contributed by atoms with Crippen LogP contribution in [0.3, 0.4) is 0 Å². The number of rotatable bonds is 8. The van der Waals surface area contributed by atoms with Gasteiger partial charge in [0, 0.05) is 6.04 Å². The van der Waals surface area contributed by atoms with Crippen LogP contribution in [0.25, 0.3) is 0 Å². The van der Waals surface area contributed by atoms with Gasteiger partial charge >= 0.3 is 6.03 Å². The number of nitrogens with one attached hydrogen (secondary N) is 2. The van der Waals surface area contributed by atoms with Crippen LogP contribution in [0.1, 0.15) is 43.4 Å². The summed E-state index contributed by atoms with van der Waals surface area (Å²) in [4.78, 5) is 40.3. The zero-order chi connectivity index (χ0) is 23.4. The highest BCUT2D eigenvalue weighted by molar-refractivity contribution is 6.07. The van der Waals surface area contributed by atoms with Gasteiger partial charge in [-0.3, -0.25) is 19.9 Å². The molecule has 8 heteroatoms. The molecule has 174 valence electrons. The van der Waals surface area contributed by atoms with Crippen molar-refractivity contribution >= 4 is 17.8 Å². The minimum absolute atomic E-state index is 0.106. The van der Waals surface area contributed by atoms with Crippen LogP contribution in [0.4, 0.5) is 4.79 Å². The van der Waals surface area contributed by atoms with Crippen molar-refractivity contribution in [2.45, 2.75) is 44.2 Å². The van der Waals surface area contributed by atoms with Crippen LogP contribution in [-0.4, -0.2) is 53.5 Å². The van der Waals surface area contributed by atoms with E-state index in [1.807, 2.05) is 54.6 Å². The number of ether oxygens (including phenoxy) is 1. The number of amides is 4. The Labute approximate surface area is 193 Å². The molecule has 2 aromatic rings. The molecule has 2 atom stereocenters. The van der Waals surface area contributed by atoms with Crippen molar-refractivity contribution in [3.63, 3.8) is 0 Å². The van der Waals surface area contributed by atoms with Crippen LogP contribution in [0.2, 0.25) is 0 Å². The Kier molecular flexibility index (Phi) is 6.65. The standard InChI is InChI=1S/C25H30N4O4/c1-25(15-14-18-7-4-3-5-8-18)23(31)29(24(32)26-25)27-22(30)17-28-16-6-9-21(28)19-10-12-20(33-2)13-11-19/h3-5,7-8,10-13,21H,6,9,14-17H2,1-2H3,(H,26,32)(H,27,30)/t21-,25-/m1/s1. The SMILES string of the molecule is COc1ccc([C@H]2CCCN2CC(=O)NN2C(=O)N[C@](C)(CCc3ccccc3)C2=O)cc1. The van der Waals surface area contributed by atoms with E-state index in [9.17, 15) is 14.4 Å². The first kappa shape index (κ1) is 22.8. The molecular weight excluding hydrogens is 420 g/mol. The van der Waals surface area contributed by atoms with Crippen molar-refractivity contribution in [2.24, 2.45) is 0 Å². The summed E-state index contributed by atoms with van der Waals surface area (Å²) < 4.78 is 5.22. The maximum Gasteiger partial charge on any atom is 0.344 e. The molecule has 2 aromatic carbocycles. The van der Waals surface area contributed by atoms with Crippen LogP contribution >= 0.6 is 0 Å². The molecule has 4 rings (SSSR count). The van der Waals surface area contributed by atoms with Crippen molar-refractivity contribution in [1.29, 1.82) is 0 Å². The molecule has 2 fully saturated rings. The van der Waals surface area contributed by atoms with Crippen molar-refractivity contribution < 1.29 is 19.1 Å². The van der Waals surface area contributed by atoms with Gasteiger partial charge in [-0.05, 0) is 62.4 Å². The lowest BCUT2D eigenvalue weighted by molar-refractivity contribution is -0.139. The quantitative estimate of drug-likeness (QED) is 0.604. The molecule has 33 heavy (non-hydrogen) atoms. The molecule has 2 saturated heterocycles. The van der Waals surface area contributed by atoms with E-state index in [0.29, 0.717) is 12.8 Å². The van der Waals surface area contributed by atoms with Gasteiger partial charge in [0.25, 0.3) is 11.8 Å². The normalized spacial score (nSPS) is 23.0. The average Bonchev–Trinajstić information content (AvgIpc) is 3.36. The van der Waals surface area contributed by atoms with E-state index >= 15 is 0 Å². The molecule has 0 aliphatic carbocycles. The Hall–Kier alpha value is -3.39. The third kappa shape index (κ3) is 5.01. The predicted molar refractivity (Wildman–Crippen MR) is 123 cm³/mol. The fourth-order valence-electron chi connectivity index (χ4n) is 4.56. The zero-order valence-corrected chi connectivity index (χ0v) is 19.0. The van der Waals surface area contributed by atoms with Gasteiger partial charge in [-0.2, -0.15) is 5.01 Å². The maximum absolute atomic E-state index is 13.0. The molecule has 0 aromatic heterocycles. The molecule has 2 N–H and O–H groups in total. The van der Waals surface area contributed by atoms with Crippen molar-refractivity contribution in [3.8, 4) is 5.75 Å². The number of carbonyl (C=O) groups excluding carboxylic acids is 3. The van der Waals surface area contributed by atoms with E-state index in [0.717, 1.165) is 41.3 Å². The number of hydrogen-bond donors (Lipinski definition) is 2. The summed E-state index contributed by atoms with van der Waals surface area (Å²) in [5.74, 6) is -0.0361. The summed E-state index contributed by atoms with van der Waals surface area (Å²) >= 11 is 0. The summed E-state index contributed by atoms with van der Waals surface area (Å²) in [5.41, 5.74) is 3.66. The molecule has 2 heterocycles. The highest BCUT2D eigenvalue weighted by atomic mass is 16.5. The van der Waals surface area contributed by atoms with E-state index in [-0.39, 0.29) is 18.5 Å². The van der Waals surface area contributed by atoms with Crippen molar-refractivity contribution in [2.75, 3.05) is 20.2 Å². The molecule has 2 aliphatic rings. The summed E-state index contributed by atoms with van der Waals surface area (Å²) in [6.07, 6.45) is 3.01. The number of hydrogen-bond acceptors (Lipinski definition) is 5. The second-order valence-corrected chi connectivity index (χ2v) is 8.83. The van der Waals surface area contributed by atoms with Gasteiger partial charge in [0.2, 0.25) is 0 Å². The second kappa shape index (κ2) is 9.62. The van der Waals surface area contributed by atoms with Crippen molar-refractivity contribution in [3.05, 3.63) is 65.7 Å². The summed E-state index contributed by atoms with van der Waals surface area (Å²) in [6.45, 7) is 2.58. The number of imide groups is 1. The minimum atomic E-state index is -1.06. The van der Waals surface area contributed by atoms with Crippen LogP contribution < -0.4 is 15.5 Å². The third-order valence-electron chi connectivity index (χ3n) is 6.46. The van der Waals surface area contributed by atoms with Crippen molar-refractivity contribution in [1.82, 2.24) is 20.7 Å².